The van der Waals surface area contributed by atoms with Gasteiger partial charge in [-0.15, -0.1) is 0 Å². The normalized spacial score (nSPS) is 16.5. The zero-order chi connectivity index (χ0) is 27.8. The standard InChI is InChI=1S/C25H23Cl3F6N2O/c1-13-7-14(3-4-15(13)11-36-24(5-6-24)22(37)35-12-25(32,33)34)20(29)10-17(23(2,30)31)16-8-18(26)21(28)19(27)9-16/h3-4,7-10,17,36H,5-6,11-12H2,1-2H3,(H,35,37)/b20-10-. The predicted molar refractivity (Wildman–Crippen MR) is 133 cm³/mol. The molecule has 0 heterocycles. The molecule has 3 nitrogen and oxygen atoms in total. The molecule has 2 N–H and O–H groups in total. The van der Waals surface area contributed by atoms with Crippen molar-refractivity contribution < 1.29 is 31.1 Å². The molecule has 0 radical (unpaired) electrons. The van der Waals surface area contributed by atoms with Gasteiger partial charge in [-0.2, -0.15) is 13.2 Å². The minimum absolute atomic E-state index is 0.000313. The van der Waals surface area contributed by atoms with Crippen LogP contribution in [-0.4, -0.2) is 30.1 Å². The quantitative estimate of drug-likeness (QED) is 0.231. The average Bonchev–Trinajstić information content (AvgIpc) is 3.58. The van der Waals surface area contributed by atoms with Gasteiger partial charge < -0.3 is 5.32 Å². The smallest absolute Gasteiger partial charge is 0.345 e. The fourth-order valence-corrected chi connectivity index (χ4v) is 4.41. The third-order valence-electron chi connectivity index (χ3n) is 6.09. The van der Waals surface area contributed by atoms with Gasteiger partial charge in [0, 0.05) is 19.0 Å². The van der Waals surface area contributed by atoms with Crippen molar-refractivity contribution >= 4 is 46.5 Å². The number of carbonyl (C=O) groups excluding carboxylic acids is 1. The van der Waals surface area contributed by atoms with Crippen LogP contribution in [0.4, 0.5) is 26.3 Å². The highest BCUT2D eigenvalue weighted by molar-refractivity contribution is 6.48. The Bertz CT molecular complexity index is 1180. The van der Waals surface area contributed by atoms with Gasteiger partial charge in [-0.1, -0.05) is 46.9 Å². The molecule has 2 aromatic rings. The Morgan fingerprint density at radius 3 is 2.16 bits per heavy atom. The van der Waals surface area contributed by atoms with Crippen LogP contribution in [0.3, 0.4) is 0 Å². The fourth-order valence-electron chi connectivity index (χ4n) is 3.80. The molecule has 202 valence electrons. The van der Waals surface area contributed by atoms with Gasteiger partial charge in [0.2, 0.25) is 5.91 Å². The molecule has 37 heavy (non-hydrogen) atoms. The van der Waals surface area contributed by atoms with E-state index in [4.69, 9.17) is 34.8 Å². The largest absolute Gasteiger partial charge is 0.405 e. The first-order valence-corrected chi connectivity index (χ1v) is 12.3. The summed E-state index contributed by atoms with van der Waals surface area (Å²) in [6.45, 7) is 1.05. The van der Waals surface area contributed by atoms with Crippen LogP contribution >= 0.6 is 34.8 Å². The van der Waals surface area contributed by atoms with Crippen molar-refractivity contribution in [3.05, 3.63) is 73.7 Å². The van der Waals surface area contributed by atoms with Gasteiger partial charge in [-0.25, -0.2) is 13.2 Å². The van der Waals surface area contributed by atoms with E-state index in [0.717, 1.165) is 6.08 Å². The van der Waals surface area contributed by atoms with Crippen molar-refractivity contribution in [1.82, 2.24) is 10.6 Å². The first-order chi connectivity index (χ1) is 17.0. The van der Waals surface area contributed by atoms with Crippen LogP contribution < -0.4 is 10.6 Å². The molecule has 12 heteroatoms. The van der Waals surface area contributed by atoms with Crippen LogP contribution in [-0.2, 0) is 11.3 Å². The zero-order valence-corrected chi connectivity index (χ0v) is 21.9. The van der Waals surface area contributed by atoms with Gasteiger partial charge in [0.15, 0.2) is 0 Å². The molecule has 0 spiro atoms. The number of amides is 1. The Kier molecular flexibility index (Phi) is 8.84. The van der Waals surface area contributed by atoms with Crippen LogP contribution in [0.15, 0.2) is 36.4 Å². The fraction of sp³-hybridized carbons (Fsp3) is 0.400. The number of hydrogen-bond acceptors (Lipinski definition) is 2. The zero-order valence-electron chi connectivity index (χ0n) is 19.7. The number of halogens is 9. The molecule has 1 unspecified atom stereocenters. The highest BCUT2D eigenvalue weighted by Gasteiger charge is 2.50. The van der Waals surface area contributed by atoms with Gasteiger partial charge in [0.1, 0.15) is 12.4 Å². The number of rotatable bonds is 9. The maximum atomic E-state index is 15.1. The van der Waals surface area contributed by atoms with Crippen molar-refractivity contribution in [2.24, 2.45) is 0 Å². The molecular weight excluding hydrogens is 565 g/mol. The number of alkyl halides is 5. The molecule has 0 bridgehead atoms. The first kappa shape index (κ1) is 29.6. The first-order valence-electron chi connectivity index (χ1n) is 11.1. The molecule has 3 rings (SSSR count). The summed E-state index contributed by atoms with van der Waals surface area (Å²) in [6.07, 6.45) is -2.96. The van der Waals surface area contributed by atoms with Crippen molar-refractivity contribution in [3.8, 4) is 0 Å². The molecule has 1 amide bonds. The van der Waals surface area contributed by atoms with Gasteiger partial charge in [-0.05, 0) is 60.7 Å². The van der Waals surface area contributed by atoms with Gasteiger partial charge in [-0.3, -0.25) is 10.1 Å². The van der Waals surface area contributed by atoms with E-state index in [-0.39, 0.29) is 32.7 Å². The van der Waals surface area contributed by atoms with Crippen molar-refractivity contribution in [2.45, 2.75) is 56.8 Å². The third-order valence-corrected chi connectivity index (χ3v) is 7.29. The average molecular weight is 588 g/mol. The van der Waals surface area contributed by atoms with Gasteiger partial charge in [0.25, 0.3) is 5.92 Å². The second-order valence-corrected chi connectivity index (χ2v) is 10.3. The third kappa shape index (κ3) is 7.56. The lowest BCUT2D eigenvalue weighted by Gasteiger charge is -2.22. The van der Waals surface area contributed by atoms with E-state index < -0.39 is 41.8 Å². The van der Waals surface area contributed by atoms with Crippen molar-refractivity contribution in [3.63, 3.8) is 0 Å². The van der Waals surface area contributed by atoms with Gasteiger partial charge in [0.05, 0.1) is 26.5 Å². The van der Waals surface area contributed by atoms with Crippen molar-refractivity contribution in [1.29, 1.82) is 0 Å². The predicted octanol–water partition coefficient (Wildman–Crippen LogP) is 8.01. The molecule has 0 aliphatic heterocycles. The van der Waals surface area contributed by atoms with Crippen LogP contribution in [0.1, 0.15) is 47.9 Å². The lowest BCUT2D eigenvalue weighted by molar-refractivity contribution is -0.140. The number of aryl methyl sites for hydroxylation is 1. The maximum absolute atomic E-state index is 15.1. The lowest BCUT2D eigenvalue weighted by Crippen LogP contribution is -2.48. The summed E-state index contributed by atoms with van der Waals surface area (Å²) < 4.78 is 81.2. The molecular formula is C25H23Cl3F6N2O. The minimum Gasteiger partial charge on any atom is -0.345 e. The van der Waals surface area contributed by atoms with Crippen LogP contribution in [0.25, 0.3) is 5.83 Å². The Balaban J connectivity index is 1.76. The molecule has 2 aromatic carbocycles. The highest BCUT2D eigenvalue weighted by atomic mass is 35.5. The number of allylic oxidation sites excluding steroid dienone is 1. The second-order valence-electron chi connectivity index (χ2n) is 9.12. The van der Waals surface area contributed by atoms with Crippen LogP contribution in [0, 0.1) is 6.92 Å². The summed E-state index contributed by atoms with van der Waals surface area (Å²) in [7, 11) is 0. The Hall–Kier alpha value is -1.94. The lowest BCUT2D eigenvalue weighted by atomic mass is 9.91. The maximum Gasteiger partial charge on any atom is 0.405 e. The summed E-state index contributed by atoms with van der Waals surface area (Å²) in [6, 6.07) is 6.83. The number of hydrogen-bond donors (Lipinski definition) is 2. The van der Waals surface area contributed by atoms with E-state index in [1.807, 2.05) is 5.32 Å². The summed E-state index contributed by atoms with van der Waals surface area (Å²) >= 11 is 17.8. The van der Waals surface area contributed by atoms with Crippen molar-refractivity contribution in [2.75, 3.05) is 6.54 Å². The van der Waals surface area contributed by atoms with Gasteiger partial charge >= 0.3 is 6.18 Å². The minimum atomic E-state index is -4.51. The van der Waals surface area contributed by atoms with E-state index >= 15 is 4.39 Å². The van der Waals surface area contributed by atoms with E-state index in [1.54, 1.807) is 13.0 Å². The van der Waals surface area contributed by atoms with E-state index in [1.165, 1.54) is 24.3 Å². The molecule has 1 saturated carbocycles. The van der Waals surface area contributed by atoms with Crippen LogP contribution in [0.5, 0.6) is 0 Å². The summed E-state index contributed by atoms with van der Waals surface area (Å²) in [5, 5.41) is 4.78. The van der Waals surface area contributed by atoms with E-state index in [2.05, 4.69) is 5.32 Å². The summed E-state index contributed by atoms with van der Waals surface area (Å²) in [4.78, 5) is 12.2. The van der Waals surface area contributed by atoms with E-state index in [9.17, 15) is 26.7 Å². The molecule has 1 atom stereocenters. The number of nitrogens with one attached hydrogen (secondary N) is 2. The number of carbonyl (C=O) groups is 1. The van der Waals surface area contributed by atoms with E-state index in [0.29, 0.717) is 30.9 Å². The second kappa shape index (κ2) is 11.0. The molecule has 0 aromatic heterocycles. The molecule has 1 aliphatic carbocycles. The Morgan fingerprint density at radius 1 is 1.08 bits per heavy atom. The molecule has 1 fully saturated rings. The monoisotopic (exact) mass is 586 g/mol. The highest BCUT2D eigenvalue weighted by Crippen LogP contribution is 2.41. The SMILES string of the molecule is Cc1cc(/C(F)=C/C(c2cc(Cl)c(Cl)c(Cl)c2)C(C)(F)F)ccc1CNC1(C(=O)NCC(F)(F)F)CC1. The molecule has 1 aliphatic rings. The molecule has 0 saturated heterocycles. The Labute approximate surface area is 225 Å². The van der Waals surface area contributed by atoms with Crippen LogP contribution in [0.2, 0.25) is 15.1 Å². The number of benzene rings is 2. The topological polar surface area (TPSA) is 41.1 Å². The Morgan fingerprint density at radius 2 is 1.68 bits per heavy atom. The summed E-state index contributed by atoms with van der Waals surface area (Å²) in [5.41, 5.74) is 0.212. The summed E-state index contributed by atoms with van der Waals surface area (Å²) in [5.74, 6) is -6.68.